The third-order valence-electron chi connectivity index (χ3n) is 5.08. The van der Waals surface area contributed by atoms with E-state index in [2.05, 4.69) is 0 Å². The van der Waals surface area contributed by atoms with Crippen LogP contribution in [0.3, 0.4) is 0 Å². The van der Waals surface area contributed by atoms with Gasteiger partial charge in [0.2, 0.25) is 0 Å². The standard InChI is InChI=1S/C23H26N2O4/c1-3-21(26)18-8-10-20(11-9-18)29-16-22(27)24-12-14-25(15-13-24)23(28)19-6-4-17(2)5-7-19/h4-11H,3,12-16H2,1-2H3. The molecule has 2 aromatic carbocycles. The first kappa shape index (κ1) is 20.6. The van der Waals surface area contributed by atoms with Crippen LogP contribution in [0.4, 0.5) is 0 Å². The summed E-state index contributed by atoms with van der Waals surface area (Å²) >= 11 is 0. The van der Waals surface area contributed by atoms with E-state index in [1.807, 2.05) is 38.1 Å². The lowest BCUT2D eigenvalue weighted by Gasteiger charge is -2.34. The van der Waals surface area contributed by atoms with Gasteiger partial charge in [-0.05, 0) is 43.3 Å². The Bertz CT molecular complexity index is 867. The van der Waals surface area contributed by atoms with Gasteiger partial charge >= 0.3 is 0 Å². The van der Waals surface area contributed by atoms with Crippen molar-refractivity contribution in [3.63, 3.8) is 0 Å². The van der Waals surface area contributed by atoms with Gasteiger partial charge in [0.1, 0.15) is 5.75 Å². The number of Topliss-reactive ketones (excluding diaryl/α,β-unsaturated/α-hetero) is 1. The number of ether oxygens (including phenoxy) is 1. The van der Waals surface area contributed by atoms with Gasteiger partial charge in [0.15, 0.2) is 12.4 Å². The molecule has 0 spiro atoms. The van der Waals surface area contributed by atoms with Crippen LogP contribution < -0.4 is 4.74 Å². The van der Waals surface area contributed by atoms with Gasteiger partial charge in [-0.25, -0.2) is 0 Å². The number of hydrogen-bond donors (Lipinski definition) is 0. The molecule has 6 nitrogen and oxygen atoms in total. The van der Waals surface area contributed by atoms with Crippen molar-refractivity contribution < 1.29 is 19.1 Å². The van der Waals surface area contributed by atoms with Crippen LogP contribution in [0.15, 0.2) is 48.5 Å². The maximum atomic E-state index is 12.6. The van der Waals surface area contributed by atoms with Crippen LogP contribution in [0.5, 0.6) is 5.75 Å². The second kappa shape index (κ2) is 9.37. The summed E-state index contributed by atoms with van der Waals surface area (Å²) in [6.45, 7) is 5.73. The maximum Gasteiger partial charge on any atom is 0.260 e. The highest BCUT2D eigenvalue weighted by molar-refractivity contribution is 5.96. The summed E-state index contributed by atoms with van der Waals surface area (Å²) in [6.07, 6.45) is 0.455. The summed E-state index contributed by atoms with van der Waals surface area (Å²) in [5.41, 5.74) is 2.42. The molecule has 1 aliphatic rings. The maximum absolute atomic E-state index is 12.6. The van der Waals surface area contributed by atoms with Gasteiger partial charge in [0.05, 0.1) is 0 Å². The Morgan fingerprint density at radius 1 is 0.828 bits per heavy atom. The van der Waals surface area contributed by atoms with Gasteiger partial charge in [-0.15, -0.1) is 0 Å². The molecule has 0 unspecified atom stereocenters. The zero-order valence-electron chi connectivity index (χ0n) is 16.9. The fourth-order valence-corrected chi connectivity index (χ4v) is 3.22. The molecule has 2 aromatic rings. The van der Waals surface area contributed by atoms with Crippen LogP contribution in [0, 0.1) is 6.92 Å². The van der Waals surface area contributed by atoms with E-state index in [0.717, 1.165) is 5.56 Å². The molecule has 0 saturated carbocycles. The molecule has 0 radical (unpaired) electrons. The summed E-state index contributed by atoms with van der Waals surface area (Å²) in [7, 11) is 0. The van der Waals surface area contributed by atoms with Gasteiger partial charge in [0.25, 0.3) is 11.8 Å². The molecular weight excluding hydrogens is 368 g/mol. The second-order valence-corrected chi connectivity index (χ2v) is 7.13. The Balaban J connectivity index is 1.46. The summed E-state index contributed by atoms with van der Waals surface area (Å²) in [5.74, 6) is 0.515. The van der Waals surface area contributed by atoms with Crippen molar-refractivity contribution in [1.29, 1.82) is 0 Å². The summed E-state index contributed by atoms with van der Waals surface area (Å²) in [6, 6.07) is 14.3. The Labute approximate surface area is 171 Å². The number of nitrogens with zero attached hydrogens (tertiary/aromatic N) is 2. The molecule has 0 atom stereocenters. The van der Waals surface area contributed by atoms with Crippen molar-refractivity contribution in [1.82, 2.24) is 9.80 Å². The molecular formula is C23H26N2O4. The molecule has 2 amide bonds. The fraction of sp³-hybridized carbons (Fsp3) is 0.348. The van der Waals surface area contributed by atoms with Crippen LogP contribution in [-0.4, -0.2) is 60.2 Å². The number of carbonyl (C=O) groups excluding carboxylic acids is 3. The van der Waals surface area contributed by atoms with Crippen molar-refractivity contribution >= 4 is 17.6 Å². The van der Waals surface area contributed by atoms with Crippen LogP contribution in [0.1, 0.15) is 39.6 Å². The molecule has 152 valence electrons. The van der Waals surface area contributed by atoms with E-state index >= 15 is 0 Å². The quantitative estimate of drug-likeness (QED) is 0.707. The third kappa shape index (κ3) is 5.22. The van der Waals surface area contributed by atoms with Crippen LogP contribution in [0.2, 0.25) is 0 Å². The minimum atomic E-state index is -0.110. The fourth-order valence-electron chi connectivity index (χ4n) is 3.22. The average molecular weight is 394 g/mol. The number of piperazine rings is 1. The number of aryl methyl sites for hydroxylation is 1. The van der Waals surface area contributed by atoms with E-state index in [1.165, 1.54) is 0 Å². The largest absolute Gasteiger partial charge is 0.484 e. The van der Waals surface area contributed by atoms with E-state index in [9.17, 15) is 14.4 Å². The van der Waals surface area contributed by atoms with Crippen LogP contribution >= 0.6 is 0 Å². The average Bonchev–Trinajstić information content (AvgIpc) is 2.77. The number of carbonyl (C=O) groups is 3. The zero-order chi connectivity index (χ0) is 20.8. The zero-order valence-corrected chi connectivity index (χ0v) is 16.9. The van der Waals surface area contributed by atoms with Crippen molar-refractivity contribution in [2.45, 2.75) is 20.3 Å². The lowest BCUT2D eigenvalue weighted by molar-refractivity contribution is -0.134. The highest BCUT2D eigenvalue weighted by Gasteiger charge is 2.25. The van der Waals surface area contributed by atoms with Crippen LogP contribution in [-0.2, 0) is 4.79 Å². The molecule has 6 heteroatoms. The topological polar surface area (TPSA) is 66.9 Å². The molecule has 1 aliphatic heterocycles. The molecule has 0 aliphatic carbocycles. The minimum absolute atomic E-state index is 0.00457. The highest BCUT2D eigenvalue weighted by atomic mass is 16.5. The van der Waals surface area contributed by atoms with E-state index in [0.29, 0.717) is 49.5 Å². The Kier molecular flexibility index (Phi) is 6.65. The van der Waals surface area contributed by atoms with Gasteiger partial charge in [0, 0.05) is 43.7 Å². The van der Waals surface area contributed by atoms with Gasteiger partial charge in [-0.2, -0.15) is 0 Å². The first-order chi connectivity index (χ1) is 14.0. The number of ketones is 1. The van der Waals surface area contributed by atoms with E-state index in [-0.39, 0.29) is 24.2 Å². The predicted molar refractivity (Wildman–Crippen MR) is 110 cm³/mol. The summed E-state index contributed by atoms with van der Waals surface area (Å²) in [4.78, 5) is 40.1. The molecule has 0 aromatic heterocycles. The van der Waals surface area contributed by atoms with Crippen molar-refractivity contribution in [2.24, 2.45) is 0 Å². The number of amides is 2. The highest BCUT2D eigenvalue weighted by Crippen LogP contribution is 2.14. The lowest BCUT2D eigenvalue weighted by Crippen LogP contribution is -2.51. The smallest absolute Gasteiger partial charge is 0.260 e. The number of hydrogen-bond acceptors (Lipinski definition) is 4. The van der Waals surface area contributed by atoms with Gasteiger partial charge in [-0.3, -0.25) is 14.4 Å². The predicted octanol–water partition coefficient (Wildman–Crippen LogP) is 2.95. The van der Waals surface area contributed by atoms with Crippen molar-refractivity contribution in [3.05, 3.63) is 65.2 Å². The molecule has 1 heterocycles. The van der Waals surface area contributed by atoms with E-state index in [1.54, 1.807) is 34.1 Å². The molecule has 0 N–H and O–H groups in total. The Hall–Kier alpha value is -3.15. The SMILES string of the molecule is CCC(=O)c1ccc(OCC(=O)N2CCN(C(=O)c3ccc(C)cc3)CC2)cc1. The lowest BCUT2D eigenvalue weighted by atomic mass is 10.1. The monoisotopic (exact) mass is 394 g/mol. The first-order valence-electron chi connectivity index (χ1n) is 9.87. The van der Waals surface area contributed by atoms with Crippen molar-refractivity contribution in [3.8, 4) is 5.75 Å². The van der Waals surface area contributed by atoms with Crippen LogP contribution in [0.25, 0.3) is 0 Å². The molecule has 29 heavy (non-hydrogen) atoms. The van der Waals surface area contributed by atoms with Crippen molar-refractivity contribution in [2.75, 3.05) is 32.8 Å². The second-order valence-electron chi connectivity index (χ2n) is 7.13. The molecule has 1 saturated heterocycles. The minimum Gasteiger partial charge on any atom is -0.484 e. The Morgan fingerprint density at radius 3 is 1.97 bits per heavy atom. The Morgan fingerprint density at radius 2 is 1.38 bits per heavy atom. The molecule has 3 rings (SSSR count). The third-order valence-corrected chi connectivity index (χ3v) is 5.08. The number of rotatable bonds is 6. The normalized spacial score (nSPS) is 13.9. The van der Waals surface area contributed by atoms with E-state index in [4.69, 9.17) is 4.74 Å². The summed E-state index contributed by atoms with van der Waals surface area (Å²) < 4.78 is 5.56. The van der Waals surface area contributed by atoms with E-state index < -0.39 is 0 Å². The van der Waals surface area contributed by atoms with Gasteiger partial charge < -0.3 is 14.5 Å². The first-order valence-corrected chi connectivity index (χ1v) is 9.87. The van der Waals surface area contributed by atoms with Gasteiger partial charge in [-0.1, -0.05) is 24.6 Å². The summed E-state index contributed by atoms with van der Waals surface area (Å²) in [5, 5.41) is 0. The molecule has 1 fully saturated rings. The molecule has 0 bridgehead atoms. The number of benzene rings is 2.